The lowest BCUT2D eigenvalue weighted by Crippen LogP contribution is -2.25. The normalized spacial score (nSPS) is 17.3. The van der Waals surface area contributed by atoms with Crippen molar-refractivity contribution in [1.82, 2.24) is 19.7 Å². The Morgan fingerprint density at radius 3 is 2.62 bits per heavy atom. The first-order valence-corrected chi connectivity index (χ1v) is 6.80. The minimum atomic E-state index is -0.0429. The van der Waals surface area contributed by atoms with Gasteiger partial charge in [-0.15, -0.1) is 0 Å². The van der Waals surface area contributed by atoms with Crippen LogP contribution in [0.3, 0.4) is 0 Å². The Morgan fingerprint density at radius 2 is 2.00 bits per heavy atom. The molecule has 0 aliphatic carbocycles. The molecule has 0 bridgehead atoms. The maximum absolute atomic E-state index is 11.9. The van der Waals surface area contributed by atoms with Crippen molar-refractivity contribution < 1.29 is 4.79 Å². The molecule has 1 amide bonds. The van der Waals surface area contributed by atoms with Gasteiger partial charge in [-0.2, -0.15) is 5.10 Å². The van der Waals surface area contributed by atoms with E-state index in [0.717, 1.165) is 22.6 Å². The maximum Gasteiger partial charge on any atom is 0.226 e. The molecule has 110 valence electrons. The van der Waals surface area contributed by atoms with E-state index in [4.69, 9.17) is 0 Å². The van der Waals surface area contributed by atoms with Crippen LogP contribution in [-0.2, 0) is 11.8 Å². The summed E-state index contributed by atoms with van der Waals surface area (Å²) in [6.45, 7) is 1.96. The number of aryl methyl sites for hydroxylation is 2. The first kappa shape index (κ1) is 13.5. The smallest absolute Gasteiger partial charge is 0.226 e. The Morgan fingerprint density at radius 1 is 1.33 bits per heavy atom. The molecule has 3 heterocycles. The van der Waals surface area contributed by atoms with Gasteiger partial charge in [0.25, 0.3) is 0 Å². The highest BCUT2D eigenvalue weighted by Crippen LogP contribution is 2.38. The number of nitrogens with one attached hydrogen (secondary N) is 1. The molecule has 0 radical (unpaired) electrons. The summed E-state index contributed by atoms with van der Waals surface area (Å²) < 4.78 is 1.71. The predicted octanol–water partition coefficient (Wildman–Crippen LogP) is 1.06. The van der Waals surface area contributed by atoms with Crippen LogP contribution in [0.2, 0.25) is 0 Å². The van der Waals surface area contributed by atoms with Crippen LogP contribution in [0.25, 0.3) is 0 Å². The Hall–Kier alpha value is -2.44. The Balaban J connectivity index is 2.05. The molecular weight excluding hydrogens is 268 g/mol. The maximum atomic E-state index is 11.9. The lowest BCUT2D eigenvalue weighted by Gasteiger charge is -2.23. The molecule has 0 spiro atoms. The first-order chi connectivity index (χ1) is 9.97. The molecule has 1 N–H and O–H groups in total. The van der Waals surface area contributed by atoms with Crippen molar-refractivity contribution in [3.05, 3.63) is 29.2 Å². The van der Waals surface area contributed by atoms with Gasteiger partial charge < -0.3 is 10.2 Å². The Bertz CT molecular complexity index is 688. The molecule has 0 saturated carbocycles. The third-order valence-electron chi connectivity index (χ3n) is 3.72. The molecule has 21 heavy (non-hydrogen) atoms. The number of anilines is 2. The van der Waals surface area contributed by atoms with E-state index in [1.54, 1.807) is 17.1 Å². The summed E-state index contributed by atoms with van der Waals surface area (Å²) in [5.41, 5.74) is 2.92. The van der Waals surface area contributed by atoms with E-state index in [9.17, 15) is 4.79 Å². The number of hydrogen-bond acceptors (Lipinski definition) is 5. The first-order valence-electron chi connectivity index (χ1n) is 6.80. The molecule has 1 aliphatic rings. The molecule has 1 atom stereocenters. The van der Waals surface area contributed by atoms with Crippen LogP contribution >= 0.6 is 0 Å². The van der Waals surface area contributed by atoms with Gasteiger partial charge in [-0.3, -0.25) is 9.48 Å². The summed E-state index contributed by atoms with van der Waals surface area (Å²) in [6.07, 6.45) is 3.98. The second kappa shape index (κ2) is 4.83. The van der Waals surface area contributed by atoms with Crippen LogP contribution in [-0.4, -0.2) is 39.8 Å². The molecular formula is C14H18N6O. The predicted molar refractivity (Wildman–Crippen MR) is 79.4 cm³/mol. The monoisotopic (exact) mass is 286 g/mol. The van der Waals surface area contributed by atoms with E-state index in [0.29, 0.717) is 12.4 Å². The largest absolute Gasteiger partial charge is 0.347 e. The minimum Gasteiger partial charge on any atom is -0.347 e. The van der Waals surface area contributed by atoms with Gasteiger partial charge in [0.1, 0.15) is 5.82 Å². The second-order valence-corrected chi connectivity index (χ2v) is 5.49. The van der Waals surface area contributed by atoms with Crippen LogP contribution in [0, 0.1) is 6.92 Å². The Kier molecular flexibility index (Phi) is 3.12. The SMILES string of the molecule is Cc1nn(C)c2c1C(c1cnc(N(C)C)nc1)CC(=O)N2. The quantitative estimate of drug-likeness (QED) is 0.893. The number of nitrogens with zero attached hydrogens (tertiary/aromatic N) is 5. The van der Waals surface area contributed by atoms with Gasteiger partial charge in [-0.05, 0) is 12.5 Å². The fraction of sp³-hybridized carbons (Fsp3) is 0.429. The van der Waals surface area contributed by atoms with Crippen molar-refractivity contribution in [2.24, 2.45) is 7.05 Å². The molecule has 0 fully saturated rings. The highest BCUT2D eigenvalue weighted by Gasteiger charge is 2.31. The molecule has 7 nitrogen and oxygen atoms in total. The number of carbonyl (C=O) groups excluding carboxylic acids is 1. The van der Waals surface area contributed by atoms with Gasteiger partial charge in [0, 0.05) is 51.4 Å². The van der Waals surface area contributed by atoms with Crippen LogP contribution in [0.4, 0.5) is 11.8 Å². The van der Waals surface area contributed by atoms with Crippen molar-refractivity contribution >= 4 is 17.7 Å². The van der Waals surface area contributed by atoms with Gasteiger partial charge in [0.15, 0.2) is 0 Å². The van der Waals surface area contributed by atoms with Gasteiger partial charge in [-0.1, -0.05) is 0 Å². The van der Waals surface area contributed by atoms with E-state index in [1.807, 2.05) is 33.0 Å². The third kappa shape index (κ3) is 2.24. The van der Waals surface area contributed by atoms with Gasteiger partial charge in [0.05, 0.1) is 5.69 Å². The molecule has 2 aromatic rings. The van der Waals surface area contributed by atoms with E-state index >= 15 is 0 Å². The summed E-state index contributed by atoms with van der Waals surface area (Å²) in [6, 6.07) is 0. The fourth-order valence-electron chi connectivity index (χ4n) is 2.74. The molecule has 7 heteroatoms. The lowest BCUT2D eigenvalue weighted by atomic mass is 9.87. The van der Waals surface area contributed by atoms with Crippen molar-refractivity contribution in [3.63, 3.8) is 0 Å². The summed E-state index contributed by atoms with van der Waals surface area (Å²) in [4.78, 5) is 22.5. The van der Waals surface area contributed by atoms with E-state index < -0.39 is 0 Å². The summed E-state index contributed by atoms with van der Waals surface area (Å²) in [5.74, 6) is 1.37. The number of hydrogen-bond donors (Lipinski definition) is 1. The topological polar surface area (TPSA) is 75.9 Å². The summed E-state index contributed by atoms with van der Waals surface area (Å²) in [5, 5.41) is 7.29. The molecule has 3 rings (SSSR count). The number of rotatable bonds is 2. The van der Waals surface area contributed by atoms with Crippen molar-refractivity contribution in [2.45, 2.75) is 19.3 Å². The molecule has 0 saturated heterocycles. The molecule has 1 unspecified atom stereocenters. The van der Waals surface area contributed by atoms with E-state index in [2.05, 4.69) is 20.4 Å². The summed E-state index contributed by atoms with van der Waals surface area (Å²) in [7, 11) is 5.62. The zero-order valence-electron chi connectivity index (χ0n) is 12.6. The van der Waals surface area contributed by atoms with E-state index in [1.165, 1.54) is 0 Å². The zero-order valence-corrected chi connectivity index (χ0v) is 12.6. The number of amides is 1. The average Bonchev–Trinajstić information content (AvgIpc) is 2.73. The van der Waals surface area contributed by atoms with E-state index in [-0.39, 0.29) is 11.8 Å². The number of fused-ring (bicyclic) bond motifs is 1. The molecule has 1 aliphatic heterocycles. The van der Waals surface area contributed by atoms with Crippen LogP contribution in [0.15, 0.2) is 12.4 Å². The number of carbonyl (C=O) groups is 1. The van der Waals surface area contributed by atoms with Gasteiger partial charge in [-0.25, -0.2) is 9.97 Å². The lowest BCUT2D eigenvalue weighted by molar-refractivity contribution is -0.116. The molecule has 0 aromatic carbocycles. The van der Waals surface area contributed by atoms with Gasteiger partial charge in [0.2, 0.25) is 11.9 Å². The van der Waals surface area contributed by atoms with Crippen molar-refractivity contribution in [1.29, 1.82) is 0 Å². The highest BCUT2D eigenvalue weighted by molar-refractivity contribution is 5.94. The van der Waals surface area contributed by atoms with Crippen molar-refractivity contribution in [3.8, 4) is 0 Å². The minimum absolute atomic E-state index is 0.00724. The van der Waals surface area contributed by atoms with Crippen LogP contribution < -0.4 is 10.2 Å². The van der Waals surface area contributed by atoms with Gasteiger partial charge >= 0.3 is 0 Å². The van der Waals surface area contributed by atoms with Crippen LogP contribution in [0.1, 0.15) is 29.2 Å². The summed E-state index contributed by atoms with van der Waals surface area (Å²) >= 11 is 0. The highest BCUT2D eigenvalue weighted by atomic mass is 16.1. The number of aromatic nitrogens is 4. The zero-order chi connectivity index (χ0) is 15.1. The van der Waals surface area contributed by atoms with Crippen molar-refractivity contribution in [2.75, 3.05) is 24.3 Å². The average molecular weight is 286 g/mol. The Labute approximate surface area is 123 Å². The fourth-order valence-corrected chi connectivity index (χ4v) is 2.74. The van der Waals surface area contributed by atoms with Crippen LogP contribution in [0.5, 0.6) is 0 Å². The standard InChI is InChI=1S/C14H18N6O/c1-8-12-10(5-11(21)17-13(12)20(4)18-8)9-6-15-14(16-7-9)19(2)3/h6-7,10H,5H2,1-4H3,(H,17,21). The molecule has 2 aromatic heterocycles. The second-order valence-electron chi connectivity index (χ2n) is 5.49. The third-order valence-corrected chi connectivity index (χ3v) is 3.72.